The van der Waals surface area contributed by atoms with Gasteiger partial charge in [-0.25, -0.2) is 0 Å². The molecule has 1 aromatic heterocycles. The van der Waals surface area contributed by atoms with Crippen molar-refractivity contribution in [1.29, 1.82) is 0 Å². The van der Waals surface area contributed by atoms with Crippen molar-refractivity contribution in [3.05, 3.63) is 45.9 Å². The number of rotatable bonds is 9. The molecule has 0 spiro atoms. The quantitative estimate of drug-likeness (QED) is 0.500. The molecule has 158 valence electrons. The summed E-state index contributed by atoms with van der Waals surface area (Å²) in [6, 6.07) is 2.21. The molecular weight excluding hydrogens is 368 g/mol. The average Bonchev–Trinajstić information content (AvgIpc) is 3.24. The van der Waals surface area contributed by atoms with Crippen LogP contribution in [0.4, 0.5) is 0 Å². The molecule has 2 N–H and O–H groups in total. The zero-order valence-corrected chi connectivity index (χ0v) is 19.1. The molecule has 28 heavy (non-hydrogen) atoms. The molecule has 4 nitrogen and oxygen atoms in total. The largest absolute Gasteiger partial charge is 0.365 e. The Morgan fingerprint density at radius 3 is 2.50 bits per heavy atom. The predicted octanol–water partition coefficient (Wildman–Crippen LogP) is 5.92. The summed E-state index contributed by atoms with van der Waals surface area (Å²) in [5.74, 6) is 0.457. The van der Waals surface area contributed by atoms with Gasteiger partial charge in [0.1, 0.15) is 0 Å². The molecule has 0 aliphatic carbocycles. The van der Waals surface area contributed by atoms with Crippen molar-refractivity contribution in [1.82, 2.24) is 10.4 Å². The van der Waals surface area contributed by atoms with Gasteiger partial charge in [0.05, 0.1) is 6.04 Å². The lowest BCUT2D eigenvalue weighted by atomic mass is 9.93. The number of nitrogens with one attached hydrogen (secondary N) is 1. The Morgan fingerprint density at radius 2 is 2.07 bits per heavy atom. The van der Waals surface area contributed by atoms with E-state index in [4.69, 9.17) is 5.21 Å². The number of aryl methyl sites for hydroxylation is 3. The molecule has 2 rings (SSSR count). The zero-order valence-electron chi connectivity index (χ0n) is 18.3. The highest BCUT2D eigenvalue weighted by atomic mass is 32.1. The van der Waals surface area contributed by atoms with Gasteiger partial charge in [-0.05, 0) is 65.0 Å². The number of unbranched alkanes of at least 4 members (excludes halogenated alkanes) is 1. The number of Topliss-reactive ketones (excluding diaryl/α,β-unsaturated/α-hetero) is 1. The molecule has 2 unspecified atom stereocenters. The SMILES string of the molecule is C=C(CC(CCCC)C(=C)N1CCCC1C(C)=O)NO.Cc1cc(C)c(C)s1. The molecule has 1 fully saturated rings. The number of likely N-dealkylation sites (tertiary alicyclic amines) is 1. The van der Waals surface area contributed by atoms with Crippen LogP contribution in [0.2, 0.25) is 0 Å². The van der Waals surface area contributed by atoms with Crippen molar-refractivity contribution < 1.29 is 10.0 Å². The minimum atomic E-state index is -0.0121. The van der Waals surface area contributed by atoms with Crippen molar-refractivity contribution in [3.63, 3.8) is 0 Å². The average molecular weight is 407 g/mol. The Morgan fingerprint density at radius 1 is 1.39 bits per heavy atom. The topological polar surface area (TPSA) is 52.6 Å². The van der Waals surface area contributed by atoms with Gasteiger partial charge in [0.25, 0.3) is 0 Å². The Hall–Kier alpha value is -1.59. The molecule has 5 heteroatoms. The molecule has 2 atom stereocenters. The Balaban J connectivity index is 0.000000406. The monoisotopic (exact) mass is 406 g/mol. The van der Waals surface area contributed by atoms with Crippen LogP contribution >= 0.6 is 11.3 Å². The third-order valence-electron chi connectivity index (χ3n) is 5.41. The fourth-order valence-electron chi connectivity index (χ4n) is 3.71. The van der Waals surface area contributed by atoms with Crippen LogP contribution in [-0.4, -0.2) is 28.5 Å². The second-order valence-corrected chi connectivity index (χ2v) is 9.27. The Labute approximate surface area is 175 Å². The number of hydrogen-bond acceptors (Lipinski definition) is 5. The van der Waals surface area contributed by atoms with Gasteiger partial charge in [0.2, 0.25) is 0 Å². The third kappa shape index (κ3) is 7.44. The third-order valence-corrected chi connectivity index (χ3v) is 6.48. The summed E-state index contributed by atoms with van der Waals surface area (Å²) in [5, 5.41) is 8.95. The number of hydrogen-bond donors (Lipinski definition) is 2. The summed E-state index contributed by atoms with van der Waals surface area (Å²) in [6.45, 7) is 19.2. The van der Waals surface area contributed by atoms with E-state index < -0.39 is 0 Å². The first-order valence-electron chi connectivity index (χ1n) is 10.3. The van der Waals surface area contributed by atoms with Crippen molar-refractivity contribution in [2.45, 2.75) is 79.2 Å². The van der Waals surface area contributed by atoms with Crippen molar-refractivity contribution >= 4 is 17.1 Å². The number of nitrogens with zero attached hydrogens (tertiary/aromatic N) is 1. The van der Waals surface area contributed by atoms with Gasteiger partial charge >= 0.3 is 0 Å². The summed E-state index contributed by atoms with van der Waals surface area (Å²) in [5.41, 5.74) is 5.18. The standard InChI is InChI=1S/C16H28N2O2.C7H10S/c1-5-6-8-15(11-12(2)17-20)13(3)18-10-7-9-16(18)14(4)19;1-5-4-6(2)8-7(5)3/h15-17,20H,2-3,5-11H2,1,4H3;4H,1-3H3. The maximum Gasteiger partial charge on any atom is 0.152 e. The molecule has 0 bridgehead atoms. The normalized spacial score (nSPS) is 16.9. The smallest absolute Gasteiger partial charge is 0.152 e. The van der Waals surface area contributed by atoms with E-state index in [2.05, 4.69) is 57.3 Å². The van der Waals surface area contributed by atoms with Crippen LogP contribution in [0.25, 0.3) is 0 Å². The minimum Gasteiger partial charge on any atom is -0.365 e. The van der Waals surface area contributed by atoms with E-state index in [1.165, 1.54) is 15.3 Å². The number of ketones is 1. The minimum absolute atomic E-state index is 0.0121. The van der Waals surface area contributed by atoms with Gasteiger partial charge in [0, 0.05) is 33.6 Å². The summed E-state index contributed by atoms with van der Waals surface area (Å²) in [7, 11) is 0. The fourth-order valence-corrected chi connectivity index (χ4v) is 4.64. The summed E-state index contributed by atoms with van der Waals surface area (Å²) in [6.07, 6.45) is 5.88. The highest BCUT2D eigenvalue weighted by Crippen LogP contribution is 2.31. The van der Waals surface area contributed by atoms with Crippen molar-refractivity contribution in [3.8, 4) is 0 Å². The lowest BCUT2D eigenvalue weighted by Gasteiger charge is -2.32. The second kappa shape index (κ2) is 12.1. The van der Waals surface area contributed by atoms with Crippen LogP contribution in [0.15, 0.2) is 30.6 Å². The molecular formula is C23H38N2O2S. The van der Waals surface area contributed by atoms with Gasteiger partial charge in [-0.2, -0.15) is 0 Å². The summed E-state index contributed by atoms with van der Waals surface area (Å²) < 4.78 is 0. The van der Waals surface area contributed by atoms with E-state index in [0.717, 1.165) is 44.3 Å². The summed E-state index contributed by atoms with van der Waals surface area (Å²) in [4.78, 5) is 16.7. The molecule has 0 radical (unpaired) electrons. The van der Waals surface area contributed by atoms with Gasteiger partial charge in [-0.1, -0.05) is 32.9 Å². The van der Waals surface area contributed by atoms with Crippen LogP contribution in [-0.2, 0) is 4.79 Å². The molecule has 2 heterocycles. The van der Waals surface area contributed by atoms with Crippen molar-refractivity contribution in [2.24, 2.45) is 5.92 Å². The maximum atomic E-state index is 11.7. The Bertz CT molecular complexity index is 646. The van der Waals surface area contributed by atoms with E-state index in [9.17, 15) is 4.79 Å². The van der Waals surface area contributed by atoms with E-state index in [0.29, 0.717) is 12.1 Å². The van der Waals surface area contributed by atoms with Crippen LogP contribution in [0.1, 0.15) is 67.7 Å². The van der Waals surface area contributed by atoms with Gasteiger partial charge < -0.3 is 4.90 Å². The first-order chi connectivity index (χ1) is 13.2. The second-order valence-electron chi connectivity index (χ2n) is 7.81. The van der Waals surface area contributed by atoms with Gasteiger partial charge in [0.15, 0.2) is 5.78 Å². The number of carbonyl (C=O) groups excluding carboxylic acids is 1. The van der Waals surface area contributed by atoms with E-state index >= 15 is 0 Å². The molecule has 0 aromatic carbocycles. The van der Waals surface area contributed by atoms with Gasteiger partial charge in [-0.3, -0.25) is 15.5 Å². The molecule has 0 saturated carbocycles. The molecule has 1 aliphatic rings. The first kappa shape index (κ1) is 24.4. The maximum absolute atomic E-state index is 11.7. The van der Waals surface area contributed by atoms with E-state index in [-0.39, 0.29) is 17.7 Å². The number of hydroxylamine groups is 1. The predicted molar refractivity (Wildman–Crippen MR) is 120 cm³/mol. The van der Waals surface area contributed by atoms with E-state index in [1.54, 1.807) is 6.92 Å². The lowest BCUT2D eigenvalue weighted by Crippen LogP contribution is -2.36. The summed E-state index contributed by atoms with van der Waals surface area (Å²) >= 11 is 1.87. The number of thiophene rings is 1. The fraction of sp³-hybridized carbons (Fsp3) is 0.609. The highest BCUT2D eigenvalue weighted by Gasteiger charge is 2.31. The van der Waals surface area contributed by atoms with Gasteiger partial charge in [-0.15, -0.1) is 11.3 Å². The van der Waals surface area contributed by atoms with Crippen LogP contribution in [0, 0.1) is 26.7 Å². The number of carbonyl (C=O) groups is 1. The molecule has 1 saturated heterocycles. The van der Waals surface area contributed by atoms with Crippen LogP contribution in [0.5, 0.6) is 0 Å². The lowest BCUT2D eigenvalue weighted by molar-refractivity contribution is -0.120. The molecule has 0 amide bonds. The molecule has 1 aromatic rings. The Kier molecular flexibility index (Phi) is 10.5. The zero-order chi connectivity index (χ0) is 21.3. The van der Waals surface area contributed by atoms with Crippen molar-refractivity contribution in [2.75, 3.05) is 6.54 Å². The van der Waals surface area contributed by atoms with Crippen LogP contribution < -0.4 is 5.48 Å². The first-order valence-corrected chi connectivity index (χ1v) is 11.1. The molecule has 1 aliphatic heterocycles. The van der Waals surface area contributed by atoms with E-state index in [1.807, 2.05) is 11.3 Å². The van der Waals surface area contributed by atoms with Crippen LogP contribution in [0.3, 0.4) is 0 Å². The highest BCUT2D eigenvalue weighted by molar-refractivity contribution is 7.12. The number of allylic oxidation sites excluding steroid dienone is 2.